The molecule has 0 radical (unpaired) electrons. The predicted octanol–water partition coefficient (Wildman–Crippen LogP) is 2.59. The first-order valence-corrected chi connectivity index (χ1v) is 6.59. The third-order valence-electron chi connectivity index (χ3n) is 3.40. The molecule has 0 aromatic heterocycles. The molecule has 2 aliphatic heterocycles. The molecule has 5 heteroatoms. The molecule has 1 atom stereocenters. The van der Waals surface area contributed by atoms with Crippen molar-refractivity contribution in [3.8, 4) is 0 Å². The molecule has 0 aliphatic carbocycles. The van der Waals surface area contributed by atoms with E-state index in [1.807, 2.05) is 25.4 Å². The Morgan fingerprint density at radius 1 is 1.50 bits per heavy atom. The summed E-state index contributed by atoms with van der Waals surface area (Å²) in [6, 6.07) is 5.04. The first-order chi connectivity index (χ1) is 8.58. The Balaban J connectivity index is 1.99. The molecule has 2 heterocycles. The minimum atomic E-state index is -0.439. The Kier molecular flexibility index (Phi) is 2.66. The molecule has 3 nitrogen and oxygen atoms in total. The molecular formula is C13H13BrFN3. The molecule has 2 aliphatic rings. The third kappa shape index (κ3) is 1.82. The van der Waals surface area contributed by atoms with Crippen molar-refractivity contribution in [2.45, 2.75) is 12.5 Å². The second kappa shape index (κ2) is 4.09. The highest BCUT2D eigenvalue weighted by Gasteiger charge is 2.35. The normalized spacial score (nSPS) is 25.7. The summed E-state index contributed by atoms with van der Waals surface area (Å²) in [6.07, 6.45) is 3.73. The number of aliphatic imine (C=N–C) groups is 1. The Morgan fingerprint density at radius 3 is 3.17 bits per heavy atom. The molecule has 18 heavy (non-hydrogen) atoms. The van der Waals surface area contributed by atoms with E-state index < -0.39 is 5.54 Å². The minimum Gasteiger partial charge on any atom is -0.377 e. The molecule has 1 aromatic rings. The Morgan fingerprint density at radius 2 is 2.33 bits per heavy atom. The van der Waals surface area contributed by atoms with Gasteiger partial charge in [-0.05, 0) is 25.1 Å². The summed E-state index contributed by atoms with van der Waals surface area (Å²) in [4.78, 5) is 6.39. The van der Waals surface area contributed by atoms with Crippen LogP contribution in [0.3, 0.4) is 0 Å². The molecule has 0 fully saturated rings. The summed E-state index contributed by atoms with van der Waals surface area (Å²) in [5.74, 6) is 0.730. The van der Waals surface area contributed by atoms with Gasteiger partial charge in [0.25, 0.3) is 0 Å². The molecule has 3 rings (SSSR count). The third-order valence-corrected chi connectivity index (χ3v) is 3.89. The van der Waals surface area contributed by atoms with Crippen molar-refractivity contribution in [2.24, 2.45) is 4.99 Å². The van der Waals surface area contributed by atoms with Gasteiger partial charge in [0.2, 0.25) is 0 Å². The Hall–Kier alpha value is -1.36. The summed E-state index contributed by atoms with van der Waals surface area (Å²) in [6.45, 7) is 3.49. The smallest absolute Gasteiger partial charge is 0.144 e. The molecule has 0 unspecified atom stereocenters. The van der Waals surface area contributed by atoms with E-state index in [-0.39, 0.29) is 5.82 Å². The molecule has 0 bridgehead atoms. The molecule has 1 aromatic carbocycles. The quantitative estimate of drug-likeness (QED) is 0.863. The topological polar surface area (TPSA) is 27.6 Å². The highest BCUT2D eigenvalue weighted by Crippen LogP contribution is 2.32. The molecule has 0 saturated heterocycles. The molecule has 94 valence electrons. The van der Waals surface area contributed by atoms with Gasteiger partial charge in [-0.3, -0.25) is 0 Å². The van der Waals surface area contributed by atoms with Crippen molar-refractivity contribution >= 4 is 22.1 Å². The maximum Gasteiger partial charge on any atom is 0.144 e. The van der Waals surface area contributed by atoms with Crippen LogP contribution in [0.2, 0.25) is 0 Å². The molecular weight excluding hydrogens is 297 g/mol. The van der Waals surface area contributed by atoms with Crippen molar-refractivity contribution in [1.29, 1.82) is 0 Å². The van der Waals surface area contributed by atoms with Gasteiger partial charge < -0.3 is 10.2 Å². The predicted molar refractivity (Wildman–Crippen MR) is 72.7 cm³/mol. The van der Waals surface area contributed by atoms with Crippen LogP contribution in [-0.4, -0.2) is 24.2 Å². The SMILES string of the molecule is C[C@@]1(c2cc(Br)ccc2F)CN2CC=NC2=CN1. The first-order valence-electron chi connectivity index (χ1n) is 5.79. The lowest BCUT2D eigenvalue weighted by atomic mass is 9.90. The fourth-order valence-electron chi connectivity index (χ4n) is 2.42. The van der Waals surface area contributed by atoms with Crippen LogP contribution in [0, 0.1) is 5.82 Å². The highest BCUT2D eigenvalue weighted by molar-refractivity contribution is 9.10. The fraction of sp³-hybridized carbons (Fsp3) is 0.308. The summed E-state index contributed by atoms with van der Waals surface area (Å²) >= 11 is 3.40. The number of fused-ring (bicyclic) bond motifs is 1. The fourth-order valence-corrected chi connectivity index (χ4v) is 2.78. The lowest BCUT2D eigenvalue weighted by Crippen LogP contribution is -2.50. The van der Waals surface area contributed by atoms with Crippen LogP contribution in [0.25, 0.3) is 0 Å². The number of halogens is 2. The number of rotatable bonds is 1. The van der Waals surface area contributed by atoms with Crippen LogP contribution in [-0.2, 0) is 5.54 Å². The van der Waals surface area contributed by atoms with Crippen LogP contribution in [0.1, 0.15) is 12.5 Å². The Labute approximate surface area is 114 Å². The van der Waals surface area contributed by atoms with Gasteiger partial charge in [0.05, 0.1) is 12.1 Å². The van der Waals surface area contributed by atoms with Crippen LogP contribution < -0.4 is 5.32 Å². The van der Waals surface area contributed by atoms with E-state index in [4.69, 9.17) is 0 Å². The minimum absolute atomic E-state index is 0.190. The van der Waals surface area contributed by atoms with E-state index in [1.165, 1.54) is 6.07 Å². The zero-order valence-corrected chi connectivity index (χ0v) is 11.5. The van der Waals surface area contributed by atoms with Gasteiger partial charge in [-0.2, -0.15) is 0 Å². The van der Waals surface area contributed by atoms with E-state index in [9.17, 15) is 4.39 Å². The lowest BCUT2D eigenvalue weighted by molar-refractivity contribution is 0.241. The molecule has 0 saturated carbocycles. The summed E-state index contributed by atoms with van der Waals surface area (Å²) in [5.41, 5.74) is 0.226. The van der Waals surface area contributed by atoms with Gasteiger partial charge in [-0.25, -0.2) is 9.38 Å². The van der Waals surface area contributed by atoms with Crippen molar-refractivity contribution in [1.82, 2.24) is 10.2 Å². The van der Waals surface area contributed by atoms with Gasteiger partial charge >= 0.3 is 0 Å². The van der Waals surface area contributed by atoms with Crippen molar-refractivity contribution < 1.29 is 4.39 Å². The van der Waals surface area contributed by atoms with Crippen LogP contribution in [0.4, 0.5) is 4.39 Å². The summed E-state index contributed by atoms with van der Waals surface area (Å²) in [7, 11) is 0. The van der Waals surface area contributed by atoms with Crippen molar-refractivity contribution in [3.05, 3.63) is 46.1 Å². The maximum atomic E-state index is 14.0. The van der Waals surface area contributed by atoms with E-state index >= 15 is 0 Å². The number of nitrogens with one attached hydrogen (secondary N) is 1. The summed E-state index contributed by atoms with van der Waals surface area (Å²) < 4.78 is 14.9. The number of nitrogens with zero attached hydrogens (tertiary/aromatic N) is 2. The number of hydrogen-bond donors (Lipinski definition) is 1. The first kappa shape index (κ1) is 11.7. The highest BCUT2D eigenvalue weighted by atomic mass is 79.9. The lowest BCUT2D eigenvalue weighted by Gasteiger charge is -2.39. The van der Waals surface area contributed by atoms with Gasteiger partial charge in [0.1, 0.15) is 11.6 Å². The monoisotopic (exact) mass is 309 g/mol. The molecule has 1 N–H and O–H groups in total. The Bertz CT molecular complexity index is 555. The van der Waals surface area contributed by atoms with E-state index in [1.54, 1.807) is 6.07 Å². The van der Waals surface area contributed by atoms with Crippen LogP contribution in [0.15, 0.2) is 39.7 Å². The second-order valence-electron chi connectivity index (χ2n) is 4.80. The van der Waals surface area contributed by atoms with E-state index in [2.05, 4.69) is 31.1 Å². The van der Waals surface area contributed by atoms with E-state index in [0.29, 0.717) is 12.1 Å². The second-order valence-corrected chi connectivity index (χ2v) is 5.71. The van der Waals surface area contributed by atoms with E-state index in [0.717, 1.165) is 16.8 Å². The molecule has 0 amide bonds. The zero-order valence-electron chi connectivity index (χ0n) is 9.95. The average molecular weight is 310 g/mol. The van der Waals surface area contributed by atoms with Crippen molar-refractivity contribution in [2.75, 3.05) is 13.1 Å². The van der Waals surface area contributed by atoms with Crippen LogP contribution >= 0.6 is 15.9 Å². The van der Waals surface area contributed by atoms with Gasteiger partial charge in [0.15, 0.2) is 0 Å². The van der Waals surface area contributed by atoms with Gasteiger partial charge in [-0.15, -0.1) is 0 Å². The van der Waals surface area contributed by atoms with Gasteiger partial charge in [-0.1, -0.05) is 15.9 Å². The average Bonchev–Trinajstić information content (AvgIpc) is 2.79. The van der Waals surface area contributed by atoms with Gasteiger partial charge in [0, 0.05) is 29.0 Å². The standard InChI is InChI=1S/C13H13BrFN3/c1-13(10-6-9(14)2-3-11(10)15)8-18-5-4-16-12(18)7-17-13/h2-4,6-7,17H,5,8H2,1H3/t13-/m0/s1. The van der Waals surface area contributed by atoms with Crippen LogP contribution in [0.5, 0.6) is 0 Å². The summed E-state index contributed by atoms with van der Waals surface area (Å²) in [5, 5.41) is 3.27. The number of benzene rings is 1. The maximum absolute atomic E-state index is 14.0. The number of hydrogen-bond acceptors (Lipinski definition) is 3. The molecule has 0 spiro atoms. The zero-order chi connectivity index (χ0) is 12.8. The largest absolute Gasteiger partial charge is 0.377 e. The van der Waals surface area contributed by atoms with Crippen molar-refractivity contribution in [3.63, 3.8) is 0 Å².